The van der Waals surface area contributed by atoms with E-state index in [0.717, 1.165) is 0 Å². The Morgan fingerprint density at radius 2 is 2.42 bits per heavy atom. The van der Waals surface area contributed by atoms with Gasteiger partial charge in [0.1, 0.15) is 0 Å². The third-order valence-corrected chi connectivity index (χ3v) is 1.97. The molecule has 0 aromatic carbocycles. The van der Waals surface area contributed by atoms with Crippen LogP contribution in [-0.4, -0.2) is 37.0 Å². The fourth-order valence-electron chi connectivity index (χ4n) is 1.24. The van der Waals surface area contributed by atoms with Crippen LogP contribution in [0.5, 0.6) is 0 Å². The van der Waals surface area contributed by atoms with E-state index < -0.39 is 5.97 Å². The van der Waals surface area contributed by atoms with Gasteiger partial charge >= 0.3 is 5.97 Å². The van der Waals surface area contributed by atoms with Gasteiger partial charge in [-0.1, -0.05) is 6.92 Å². The molecule has 1 heterocycles. The van der Waals surface area contributed by atoms with Gasteiger partial charge < -0.3 is 14.6 Å². The molecule has 1 fully saturated rings. The number of rotatable bonds is 3. The molecular weight excluding hydrogens is 160 g/mol. The van der Waals surface area contributed by atoms with Crippen LogP contribution in [0, 0.1) is 5.92 Å². The van der Waals surface area contributed by atoms with Crippen molar-refractivity contribution in [1.82, 2.24) is 0 Å². The minimum Gasteiger partial charge on any atom is -0.481 e. The van der Waals surface area contributed by atoms with E-state index in [4.69, 9.17) is 14.6 Å². The monoisotopic (exact) mass is 174 g/mol. The Bertz CT molecular complexity index is 151. The van der Waals surface area contributed by atoms with E-state index in [9.17, 15) is 4.79 Å². The Morgan fingerprint density at radius 3 is 2.92 bits per heavy atom. The largest absolute Gasteiger partial charge is 0.481 e. The van der Waals surface area contributed by atoms with Crippen LogP contribution in [0.2, 0.25) is 0 Å². The Morgan fingerprint density at radius 1 is 1.67 bits per heavy atom. The lowest BCUT2D eigenvalue weighted by atomic mass is 10.0. The molecule has 1 N–H and O–H groups in total. The molecule has 0 amide bonds. The smallest absolute Gasteiger partial charge is 0.303 e. The molecule has 2 atom stereocenters. The van der Waals surface area contributed by atoms with Crippen molar-refractivity contribution >= 4 is 5.97 Å². The highest BCUT2D eigenvalue weighted by Gasteiger charge is 2.23. The van der Waals surface area contributed by atoms with Crippen molar-refractivity contribution in [3.8, 4) is 0 Å². The number of carbonyl (C=O) groups is 1. The Labute approximate surface area is 71.5 Å². The average Bonchev–Trinajstić information content (AvgIpc) is 2.05. The van der Waals surface area contributed by atoms with Gasteiger partial charge in [0.15, 0.2) is 0 Å². The van der Waals surface area contributed by atoms with Crippen molar-refractivity contribution in [3.05, 3.63) is 0 Å². The zero-order valence-electron chi connectivity index (χ0n) is 7.16. The molecule has 70 valence electrons. The summed E-state index contributed by atoms with van der Waals surface area (Å²) in [5.74, 6) is -0.750. The van der Waals surface area contributed by atoms with Crippen LogP contribution in [0.25, 0.3) is 0 Å². The molecule has 12 heavy (non-hydrogen) atoms. The number of ether oxygens (including phenoxy) is 2. The van der Waals surface area contributed by atoms with Crippen LogP contribution in [-0.2, 0) is 14.3 Å². The van der Waals surface area contributed by atoms with Gasteiger partial charge in [-0.3, -0.25) is 4.79 Å². The van der Waals surface area contributed by atoms with Crippen LogP contribution in [0.4, 0.5) is 0 Å². The van der Waals surface area contributed by atoms with E-state index in [1.54, 1.807) is 0 Å². The second kappa shape index (κ2) is 4.42. The molecule has 1 saturated heterocycles. The van der Waals surface area contributed by atoms with Crippen LogP contribution < -0.4 is 0 Å². The maximum absolute atomic E-state index is 10.4. The number of carboxylic acid groups (broad SMARTS) is 1. The zero-order valence-corrected chi connectivity index (χ0v) is 7.16. The highest BCUT2D eigenvalue weighted by Crippen LogP contribution is 2.14. The maximum atomic E-state index is 10.4. The fourth-order valence-corrected chi connectivity index (χ4v) is 1.24. The highest BCUT2D eigenvalue weighted by molar-refractivity contribution is 5.67. The Kier molecular flexibility index (Phi) is 3.49. The van der Waals surface area contributed by atoms with Crippen molar-refractivity contribution in [2.24, 2.45) is 5.92 Å². The molecule has 0 radical (unpaired) electrons. The molecule has 1 aliphatic heterocycles. The molecule has 0 aromatic rings. The van der Waals surface area contributed by atoms with Crippen molar-refractivity contribution in [2.75, 3.05) is 19.8 Å². The highest BCUT2D eigenvalue weighted by atomic mass is 16.6. The standard InChI is InChI=1S/C8H14O4/c1-6(4-8(9)10)7-5-11-2-3-12-7/h6-7H,2-5H2,1H3,(H,9,10)/t6-,7+/m1/s1. The van der Waals surface area contributed by atoms with Crippen LogP contribution in [0.15, 0.2) is 0 Å². The lowest BCUT2D eigenvalue weighted by Crippen LogP contribution is -2.34. The molecule has 0 aliphatic carbocycles. The molecule has 4 heteroatoms. The lowest BCUT2D eigenvalue weighted by molar-refractivity contribution is -0.143. The molecular formula is C8H14O4. The first kappa shape index (κ1) is 9.48. The Balaban J connectivity index is 2.29. The van der Waals surface area contributed by atoms with Gasteiger partial charge in [0.05, 0.1) is 32.3 Å². The molecule has 0 saturated carbocycles. The second-order valence-corrected chi connectivity index (χ2v) is 3.06. The van der Waals surface area contributed by atoms with Gasteiger partial charge in [0.2, 0.25) is 0 Å². The number of hydrogen-bond acceptors (Lipinski definition) is 3. The summed E-state index contributed by atoms with van der Waals surface area (Å²) in [6.45, 7) is 3.59. The molecule has 4 nitrogen and oxygen atoms in total. The van der Waals surface area contributed by atoms with E-state index in [1.165, 1.54) is 0 Å². The van der Waals surface area contributed by atoms with Gasteiger partial charge in [-0.25, -0.2) is 0 Å². The third kappa shape index (κ3) is 2.79. The Hall–Kier alpha value is -0.610. The molecule has 0 unspecified atom stereocenters. The van der Waals surface area contributed by atoms with Crippen molar-refractivity contribution in [1.29, 1.82) is 0 Å². The summed E-state index contributed by atoms with van der Waals surface area (Å²) in [4.78, 5) is 10.4. The number of carboxylic acids is 1. The first-order valence-corrected chi connectivity index (χ1v) is 4.11. The second-order valence-electron chi connectivity index (χ2n) is 3.06. The first-order chi connectivity index (χ1) is 5.70. The molecule has 1 rings (SSSR count). The van der Waals surface area contributed by atoms with E-state index in [-0.39, 0.29) is 18.4 Å². The summed E-state index contributed by atoms with van der Waals surface area (Å²) < 4.78 is 10.5. The number of aliphatic carboxylic acids is 1. The van der Waals surface area contributed by atoms with E-state index in [2.05, 4.69) is 0 Å². The normalized spacial score (nSPS) is 26.6. The van der Waals surface area contributed by atoms with Crippen molar-refractivity contribution in [3.63, 3.8) is 0 Å². The summed E-state index contributed by atoms with van der Waals surface area (Å²) in [5, 5.41) is 8.52. The van der Waals surface area contributed by atoms with Crippen molar-refractivity contribution in [2.45, 2.75) is 19.4 Å². The summed E-state index contributed by atoms with van der Waals surface area (Å²) in [6.07, 6.45) is 0.100. The predicted molar refractivity (Wildman–Crippen MR) is 42.0 cm³/mol. The van der Waals surface area contributed by atoms with Crippen LogP contribution in [0.3, 0.4) is 0 Å². The van der Waals surface area contributed by atoms with Gasteiger partial charge in [-0.15, -0.1) is 0 Å². The van der Waals surface area contributed by atoms with Gasteiger partial charge in [-0.05, 0) is 5.92 Å². The maximum Gasteiger partial charge on any atom is 0.303 e. The average molecular weight is 174 g/mol. The fraction of sp³-hybridized carbons (Fsp3) is 0.875. The quantitative estimate of drug-likeness (QED) is 0.677. The minimum absolute atomic E-state index is 0.0304. The van der Waals surface area contributed by atoms with Gasteiger partial charge in [0, 0.05) is 0 Å². The van der Waals surface area contributed by atoms with Crippen LogP contribution in [0.1, 0.15) is 13.3 Å². The summed E-state index contributed by atoms with van der Waals surface area (Å²) >= 11 is 0. The van der Waals surface area contributed by atoms with Gasteiger partial charge in [0.25, 0.3) is 0 Å². The SMILES string of the molecule is C[C@H](CC(=O)O)[C@@H]1COCCO1. The minimum atomic E-state index is -0.781. The molecule has 1 aliphatic rings. The van der Waals surface area contributed by atoms with Crippen LogP contribution >= 0.6 is 0 Å². The summed E-state index contributed by atoms with van der Waals surface area (Å²) in [5.41, 5.74) is 0. The number of hydrogen-bond donors (Lipinski definition) is 1. The molecule has 0 aromatic heterocycles. The first-order valence-electron chi connectivity index (χ1n) is 4.11. The molecule has 0 spiro atoms. The molecule has 0 bridgehead atoms. The van der Waals surface area contributed by atoms with E-state index in [0.29, 0.717) is 19.8 Å². The zero-order chi connectivity index (χ0) is 8.97. The third-order valence-electron chi connectivity index (χ3n) is 1.97. The predicted octanol–water partition coefficient (Wildman–Crippen LogP) is 0.513. The van der Waals surface area contributed by atoms with E-state index in [1.807, 2.05) is 6.92 Å². The van der Waals surface area contributed by atoms with Crippen molar-refractivity contribution < 1.29 is 19.4 Å². The summed E-state index contributed by atoms with van der Waals surface area (Å²) in [7, 11) is 0. The topological polar surface area (TPSA) is 55.8 Å². The summed E-state index contributed by atoms with van der Waals surface area (Å²) in [6, 6.07) is 0. The van der Waals surface area contributed by atoms with Gasteiger partial charge in [-0.2, -0.15) is 0 Å². The lowest BCUT2D eigenvalue weighted by Gasteiger charge is -2.27. The van der Waals surface area contributed by atoms with E-state index >= 15 is 0 Å².